The van der Waals surface area contributed by atoms with Crippen LogP contribution in [0.5, 0.6) is 0 Å². The van der Waals surface area contributed by atoms with Crippen molar-refractivity contribution in [2.24, 2.45) is 0 Å². The molecule has 0 saturated heterocycles. The fraction of sp³-hybridized carbons (Fsp3) is 0.930. The average molecular weight is 680 g/mol. The number of hydrogen-bond acceptors (Lipinski definition) is 4. The van der Waals surface area contributed by atoms with E-state index in [9.17, 15) is 20.1 Å². The third-order valence-electron chi connectivity index (χ3n) is 10.1. The van der Waals surface area contributed by atoms with Gasteiger partial charge >= 0.3 is 0 Å². The first kappa shape index (κ1) is 47.1. The molecule has 0 radical (unpaired) electrons. The molecule has 0 spiro atoms. The smallest absolute Gasteiger partial charge is 0.249 e. The average Bonchev–Trinajstić information content (AvgIpc) is 3.09. The molecular formula is C43H85NO4. The van der Waals surface area contributed by atoms with E-state index in [-0.39, 0.29) is 6.61 Å². The molecule has 5 nitrogen and oxygen atoms in total. The maximum Gasteiger partial charge on any atom is 0.249 e. The van der Waals surface area contributed by atoms with Crippen molar-refractivity contribution >= 4 is 5.91 Å². The van der Waals surface area contributed by atoms with Crippen LogP contribution in [0.25, 0.3) is 0 Å². The number of aliphatic hydroxyl groups is 3. The monoisotopic (exact) mass is 680 g/mol. The van der Waals surface area contributed by atoms with Crippen molar-refractivity contribution in [3.05, 3.63) is 12.2 Å². The summed E-state index contributed by atoms with van der Waals surface area (Å²) >= 11 is 0. The van der Waals surface area contributed by atoms with Gasteiger partial charge in [-0.25, -0.2) is 0 Å². The van der Waals surface area contributed by atoms with Crippen LogP contribution in [0.1, 0.15) is 232 Å². The molecule has 0 aromatic rings. The van der Waals surface area contributed by atoms with Crippen LogP contribution >= 0.6 is 0 Å². The molecule has 4 N–H and O–H groups in total. The summed E-state index contributed by atoms with van der Waals surface area (Å²) in [5.41, 5.74) is 0. The Morgan fingerprint density at radius 1 is 0.500 bits per heavy atom. The Morgan fingerprint density at radius 3 is 1.15 bits per heavy atom. The number of allylic oxidation sites excluding steroid dienone is 1. The Bertz CT molecular complexity index is 669. The highest BCUT2D eigenvalue weighted by Crippen LogP contribution is 2.16. The first-order chi connectivity index (χ1) is 23.6. The number of amides is 1. The molecule has 0 aromatic carbocycles. The van der Waals surface area contributed by atoms with Crippen molar-refractivity contribution in [3.63, 3.8) is 0 Å². The molecule has 0 saturated carbocycles. The van der Waals surface area contributed by atoms with Gasteiger partial charge in [0.15, 0.2) is 0 Å². The van der Waals surface area contributed by atoms with Crippen LogP contribution in [-0.2, 0) is 4.79 Å². The minimum absolute atomic E-state index is 0.359. The molecule has 1 amide bonds. The largest absolute Gasteiger partial charge is 0.394 e. The lowest BCUT2D eigenvalue weighted by Gasteiger charge is -2.21. The predicted octanol–water partition coefficient (Wildman–Crippen LogP) is 12.0. The van der Waals surface area contributed by atoms with E-state index in [2.05, 4.69) is 19.2 Å². The molecule has 3 unspecified atom stereocenters. The van der Waals surface area contributed by atoms with Crippen LogP contribution in [0.4, 0.5) is 0 Å². The number of unbranched alkanes of at least 4 members (excludes halogenated alkanes) is 31. The van der Waals surface area contributed by atoms with E-state index < -0.39 is 24.2 Å². The molecule has 3 atom stereocenters. The topological polar surface area (TPSA) is 89.8 Å². The third kappa shape index (κ3) is 33.6. The Kier molecular flexibility index (Phi) is 38.1. The standard InChI is InChI=1S/C43H85NO4/c1-3-5-7-9-11-13-15-17-19-20-21-22-24-25-27-29-31-33-35-37-41(46)40(39-45)44-43(48)42(47)38-36-34-32-30-28-26-23-18-16-14-12-10-8-6-4-2/h35,37,40-42,45-47H,3-34,36,38-39H2,1-2H3,(H,44,48)/b37-35+. The molecule has 0 fully saturated rings. The molecule has 0 bridgehead atoms. The van der Waals surface area contributed by atoms with Gasteiger partial charge in [0.25, 0.3) is 0 Å². The van der Waals surface area contributed by atoms with Gasteiger partial charge < -0.3 is 20.6 Å². The van der Waals surface area contributed by atoms with Gasteiger partial charge in [-0.05, 0) is 19.3 Å². The minimum atomic E-state index is -1.09. The molecule has 0 aliphatic heterocycles. The molecule has 48 heavy (non-hydrogen) atoms. The molecule has 0 rings (SSSR count). The van der Waals surface area contributed by atoms with E-state index in [1.54, 1.807) is 6.08 Å². The van der Waals surface area contributed by atoms with Crippen LogP contribution < -0.4 is 5.32 Å². The highest BCUT2D eigenvalue weighted by atomic mass is 16.3. The molecule has 5 heteroatoms. The maximum atomic E-state index is 12.4. The van der Waals surface area contributed by atoms with Gasteiger partial charge in [-0.15, -0.1) is 0 Å². The lowest BCUT2D eigenvalue weighted by Crippen LogP contribution is -2.48. The quantitative estimate of drug-likeness (QED) is 0.0384. The molecule has 0 aromatic heterocycles. The number of nitrogens with one attached hydrogen (secondary N) is 1. The van der Waals surface area contributed by atoms with E-state index in [4.69, 9.17) is 0 Å². The molecular weight excluding hydrogens is 594 g/mol. The van der Waals surface area contributed by atoms with Crippen LogP contribution in [0.2, 0.25) is 0 Å². The van der Waals surface area contributed by atoms with Crippen molar-refractivity contribution in [2.75, 3.05) is 6.61 Å². The summed E-state index contributed by atoms with van der Waals surface area (Å²) in [5, 5.41) is 33.1. The minimum Gasteiger partial charge on any atom is -0.394 e. The van der Waals surface area contributed by atoms with Gasteiger partial charge in [0.05, 0.1) is 18.8 Å². The second-order valence-electron chi connectivity index (χ2n) is 14.9. The van der Waals surface area contributed by atoms with E-state index in [1.165, 1.54) is 180 Å². The number of hydrogen-bond donors (Lipinski definition) is 4. The predicted molar refractivity (Wildman–Crippen MR) is 208 cm³/mol. The van der Waals surface area contributed by atoms with Crippen molar-refractivity contribution in [1.82, 2.24) is 5.32 Å². The van der Waals surface area contributed by atoms with Crippen molar-refractivity contribution in [1.29, 1.82) is 0 Å². The molecule has 0 heterocycles. The highest BCUT2D eigenvalue weighted by Gasteiger charge is 2.22. The Balaban J connectivity index is 3.65. The van der Waals surface area contributed by atoms with Gasteiger partial charge in [0.2, 0.25) is 5.91 Å². The number of aliphatic hydroxyl groups excluding tert-OH is 3. The highest BCUT2D eigenvalue weighted by molar-refractivity contribution is 5.80. The molecule has 0 aliphatic rings. The summed E-state index contributed by atoms with van der Waals surface area (Å²) < 4.78 is 0. The zero-order valence-corrected chi connectivity index (χ0v) is 32.4. The van der Waals surface area contributed by atoms with Crippen LogP contribution in [-0.4, -0.2) is 46.1 Å². The van der Waals surface area contributed by atoms with Gasteiger partial charge in [0.1, 0.15) is 6.10 Å². The van der Waals surface area contributed by atoms with Crippen LogP contribution in [0, 0.1) is 0 Å². The Labute approximate surface area is 299 Å². The van der Waals surface area contributed by atoms with Crippen molar-refractivity contribution in [2.45, 2.75) is 250 Å². The number of carbonyl (C=O) groups excluding carboxylic acids is 1. The van der Waals surface area contributed by atoms with Gasteiger partial charge in [0, 0.05) is 0 Å². The summed E-state index contributed by atoms with van der Waals surface area (Å²) in [4.78, 5) is 12.4. The number of rotatable bonds is 39. The maximum absolute atomic E-state index is 12.4. The number of carbonyl (C=O) groups is 1. The first-order valence-electron chi connectivity index (χ1n) is 21.5. The second-order valence-corrected chi connectivity index (χ2v) is 14.9. The van der Waals surface area contributed by atoms with Gasteiger partial charge in [-0.3, -0.25) is 4.79 Å². The summed E-state index contributed by atoms with van der Waals surface area (Å²) in [6.07, 6.45) is 45.2. The van der Waals surface area contributed by atoms with E-state index in [1.807, 2.05) is 6.08 Å². The summed E-state index contributed by atoms with van der Waals surface area (Å²) in [6.45, 7) is 4.19. The second kappa shape index (κ2) is 38.9. The van der Waals surface area contributed by atoms with Crippen LogP contribution in [0.3, 0.4) is 0 Å². The lowest BCUT2D eigenvalue weighted by molar-refractivity contribution is -0.131. The van der Waals surface area contributed by atoms with Crippen molar-refractivity contribution < 1.29 is 20.1 Å². The third-order valence-corrected chi connectivity index (χ3v) is 10.1. The summed E-state index contributed by atoms with van der Waals surface area (Å²) in [7, 11) is 0. The van der Waals surface area contributed by atoms with E-state index in [0.29, 0.717) is 6.42 Å². The zero-order chi connectivity index (χ0) is 35.2. The van der Waals surface area contributed by atoms with E-state index >= 15 is 0 Å². The summed E-state index contributed by atoms with van der Waals surface area (Å²) in [5.74, 6) is -0.500. The first-order valence-corrected chi connectivity index (χ1v) is 21.5. The Morgan fingerprint density at radius 2 is 0.812 bits per heavy atom. The lowest BCUT2D eigenvalue weighted by atomic mass is 10.0. The fourth-order valence-electron chi connectivity index (χ4n) is 6.71. The van der Waals surface area contributed by atoms with Gasteiger partial charge in [-0.1, -0.05) is 225 Å². The fourth-order valence-corrected chi connectivity index (χ4v) is 6.71. The SMILES string of the molecule is CCCCCCCCCCCCCCCCCCC/C=C/C(O)C(CO)NC(=O)C(O)CCCCCCCCCCCCCCCCC. The zero-order valence-electron chi connectivity index (χ0n) is 32.4. The van der Waals surface area contributed by atoms with Crippen LogP contribution in [0.15, 0.2) is 12.2 Å². The normalized spacial score (nSPS) is 13.7. The van der Waals surface area contributed by atoms with Crippen molar-refractivity contribution in [3.8, 4) is 0 Å². The van der Waals surface area contributed by atoms with E-state index in [0.717, 1.165) is 32.1 Å². The summed E-state index contributed by atoms with van der Waals surface area (Å²) in [6, 6.07) is -0.792. The van der Waals surface area contributed by atoms with Gasteiger partial charge in [-0.2, -0.15) is 0 Å². The Hall–Kier alpha value is -0.910. The molecule has 0 aliphatic carbocycles. The molecule has 286 valence electrons.